The molecule has 2 aromatic carbocycles. The number of ether oxygens (including phenoxy) is 1. The molecular weight excluding hydrogens is 620 g/mol. The Kier molecular flexibility index (Phi) is 12.9. The molecule has 1 heterocycles. The van der Waals surface area contributed by atoms with Gasteiger partial charge in [0.2, 0.25) is 23.5 Å². The molecule has 15 heteroatoms. The molecule has 2 aromatic rings. The van der Waals surface area contributed by atoms with Crippen LogP contribution in [0.25, 0.3) is 0 Å². The Labute approximate surface area is 270 Å². The molecule has 3 rings (SSSR count). The number of carbonyl (C=O) groups excluding carboxylic acids is 6. The summed E-state index contributed by atoms with van der Waals surface area (Å²) < 4.78 is 35.8. The average Bonchev–Trinajstić information content (AvgIpc) is 3.55. The lowest BCUT2D eigenvalue weighted by Gasteiger charge is -2.29. The van der Waals surface area contributed by atoms with Crippen LogP contribution in [0.5, 0.6) is 0 Å². The molecule has 47 heavy (non-hydrogen) atoms. The van der Waals surface area contributed by atoms with E-state index >= 15 is 8.78 Å². The minimum atomic E-state index is -4.76. The normalized spacial score (nSPS) is 16.5. The van der Waals surface area contributed by atoms with Gasteiger partial charge in [0.15, 0.2) is 0 Å². The molecule has 0 spiro atoms. The lowest BCUT2D eigenvalue weighted by Crippen LogP contribution is -2.61. The van der Waals surface area contributed by atoms with E-state index in [0.717, 1.165) is 4.90 Å². The summed E-state index contributed by atoms with van der Waals surface area (Å²) in [7, 11) is 0. The molecule has 0 aromatic heterocycles. The molecule has 13 nitrogen and oxygen atoms in total. The first-order valence-corrected chi connectivity index (χ1v) is 15.0. The number of aliphatic hydroxyl groups excluding tert-OH is 1. The van der Waals surface area contributed by atoms with Crippen LogP contribution in [0.2, 0.25) is 0 Å². The number of hydrogen-bond donors (Lipinski definition) is 5. The van der Waals surface area contributed by atoms with Crippen molar-refractivity contribution in [1.29, 1.82) is 0 Å². The highest BCUT2D eigenvalue weighted by Gasteiger charge is 2.52. The highest BCUT2D eigenvalue weighted by molar-refractivity contribution is 6.11. The molecule has 2 unspecified atom stereocenters. The van der Waals surface area contributed by atoms with Gasteiger partial charge in [-0.15, -0.1) is 0 Å². The summed E-state index contributed by atoms with van der Waals surface area (Å²) in [6.45, 7) is 1.70. The molecular formula is C32H39F2N5O8. The number of hydrogen-bond acceptors (Lipinski definition) is 8. The van der Waals surface area contributed by atoms with Gasteiger partial charge in [0, 0.05) is 13.0 Å². The number of rotatable bonds is 15. The van der Waals surface area contributed by atoms with Gasteiger partial charge in [0.25, 0.3) is 5.91 Å². The van der Waals surface area contributed by atoms with Gasteiger partial charge in [-0.2, -0.15) is 8.78 Å². The number of likely N-dealkylation sites (tertiary alicyclic amines) is 1. The first kappa shape index (κ1) is 36.5. The number of primary amides is 1. The summed E-state index contributed by atoms with van der Waals surface area (Å²) in [5.41, 5.74) is 6.70. The van der Waals surface area contributed by atoms with Gasteiger partial charge < -0.3 is 31.5 Å². The predicted octanol–water partition coefficient (Wildman–Crippen LogP) is 0.823. The molecule has 0 bridgehead atoms. The van der Waals surface area contributed by atoms with Crippen LogP contribution in [0.4, 0.5) is 13.6 Å². The number of amides is 5. The van der Waals surface area contributed by atoms with Crippen molar-refractivity contribution >= 4 is 35.5 Å². The predicted molar refractivity (Wildman–Crippen MR) is 163 cm³/mol. The lowest BCUT2D eigenvalue weighted by molar-refractivity contribution is -0.162. The number of nitrogens with zero attached hydrogens (tertiary/aromatic N) is 1. The Morgan fingerprint density at radius 2 is 1.53 bits per heavy atom. The molecule has 0 radical (unpaired) electrons. The number of nitrogens with one attached hydrogen (secondary N) is 3. The van der Waals surface area contributed by atoms with Crippen LogP contribution in [-0.2, 0) is 41.7 Å². The van der Waals surface area contributed by atoms with Crippen LogP contribution < -0.4 is 21.7 Å². The summed E-state index contributed by atoms with van der Waals surface area (Å²) in [6.07, 6.45) is -0.239. The van der Waals surface area contributed by atoms with E-state index in [-0.39, 0.29) is 26.0 Å². The van der Waals surface area contributed by atoms with Crippen LogP contribution in [0.15, 0.2) is 60.7 Å². The SMILES string of the molecule is CC(C)C(NC(=O)C1CCCN1C(=O)OCc1ccccc1)C(=O)C(F)(F)C(=O)N[C@@H](CO)C(=O)N[C@@H](Cc1ccccc1)C(N)=O. The fourth-order valence-corrected chi connectivity index (χ4v) is 4.94. The third-order valence-electron chi connectivity index (χ3n) is 7.58. The zero-order chi connectivity index (χ0) is 34.7. The van der Waals surface area contributed by atoms with Crippen molar-refractivity contribution in [2.45, 2.75) is 69.8 Å². The standard InChI is InChI=1S/C32H39F2N5O8/c1-19(2)25(38-29(44)24-14-9-15-39(24)31(46)47-18-21-12-7-4-8-13-21)26(41)32(33,34)30(45)37-23(17-40)28(43)36-22(27(35)42)16-20-10-5-3-6-11-20/h3-8,10-13,19,22-25,40H,9,14-18H2,1-2H3,(H2,35,42)(H,36,43)(H,37,45)(H,38,44)/t22-,23-,24?,25?/m0/s1. The topological polar surface area (TPSA) is 197 Å². The quantitative estimate of drug-likeness (QED) is 0.173. The Morgan fingerprint density at radius 1 is 0.936 bits per heavy atom. The zero-order valence-electron chi connectivity index (χ0n) is 26.0. The summed E-state index contributed by atoms with van der Waals surface area (Å²) in [6, 6.07) is 11.0. The van der Waals surface area contributed by atoms with E-state index in [1.807, 2.05) is 0 Å². The summed E-state index contributed by atoms with van der Waals surface area (Å²) in [5, 5.41) is 15.8. The van der Waals surface area contributed by atoms with Crippen molar-refractivity contribution in [1.82, 2.24) is 20.9 Å². The number of aliphatic hydroxyl groups is 1. The number of ketones is 1. The molecule has 1 saturated heterocycles. The summed E-state index contributed by atoms with van der Waals surface area (Å²) >= 11 is 0. The second-order valence-corrected chi connectivity index (χ2v) is 11.4. The van der Waals surface area contributed by atoms with E-state index in [4.69, 9.17) is 10.5 Å². The molecule has 0 saturated carbocycles. The monoisotopic (exact) mass is 659 g/mol. The van der Waals surface area contributed by atoms with Crippen molar-refractivity contribution in [3.8, 4) is 0 Å². The van der Waals surface area contributed by atoms with Crippen LogP contribution in [0, 0.1) is 5.92 Å². The summed E-state index contributed by atoms with van der Waals surface area (Å²) in [4.78, 5) is 77.4. The van der Waals surface area contributed by atoms with E-state index in [0.29, 0.717) is 17.5 Å². The first-order chi connectivity index (χ1) is 22.3. The van der Waals surface area contributed by atoms with Gasteiger partial charge in [-0.1, -0.05) is 74.5 Å². The zero-order valence-corrected chi connectivity index (χ0v) is 26.0. The first-order valence-electron chi connectivity index (χ1n) is 15.0. The van der Waals surface area contributed by atoms with Crippen LogP contribution in [0.1, 0.15) is 37.8 Å². The minimum Gasteiger partial charge on any atom is -0.445 e. The summed E-state index contributed by atoms with van der Waals surface area (Å²) in [5.74, 6) is -12.9. The third kappa shape index (κ3) is 9.78. The number of carbonyl (C=O) groups is 6. The maximum atomic E-state index is 15.3. The van der Waals surface area contributed by atoms with Crippen molar-refractivity contribution in [2.24, 2.45) is 11.7 Å². The second kappa shape index (κ2) is 16.6. The Morgan fingerprint density at radius 3 is 2.09 bits per heavy atom. The van der Waals surface area contributed by atoms with Crippen molar-refractivity contribution in [3.05, 3.63) is 71.8 Å². The van der Waals surface area contributed by atoms with Gasteiger partial charge in [0.05, 0.1) is 12.6 Å². The van der Waals surface area contributed by atoms with Gasteiger partial charge in [0.1, 0.15) is 24.7 Å². The number of benzene rings is 2. The van der Waals surface area contributed by atoms with E-state index in [9.17, 15) is 33.9 Å². The molecule has 1 aliphatic heterocycles. The maximum Gasteiger partial charge on any atom is 0.410 e. The van der Waals surface area contributed by atoms with Crippen molar-refractivity contribution in [3.63, 3.8) is 0 Å². The average molecular weight is 660 g/mol. The Hall–Kier alpha value is -4.92. The second-order valence-electron chi connectivity index (χ2n) is 11.4. The molecule has 1 aliphatic rings. The molecule has 6 N–H and O–H groups in total. The highest BCUT2D eigenvalue weighted by atomic mass is 19.3. The van der Waals surface area contributed by atoms with Gasteiger partial charge in [-0.05, 0) is 29.9 Å². The van der Waals surface area contributed by atoms with Gasteiger partial charge in [-0.3, -0.25) is 28.9 Å². The molecule has 254 valence electrons. The highest BCUT2D eigenvalue weighted by Crippen LogP contribution is 2.23. The molecule has 0 aliphatic carbocycles. The maximum absolute atomic E-state index is 15.3. The largest absolute Gasteiger partial charge is 0.445 e. The van der Waals surface area contributed by atoms with Gasteiger partial charge in [-0.25, -0.2) is 4.79 Å². The smallest absolute Gasteiger partial charge is 0.410 e. The fraction of sp³-hybridized carbons (Fsp3) is 0.438. The van der Waals surface area contributed by atoms with E-state index in [1.165, 1.54) is 13.8 Å². The van der Waals surface area contributed by atoms with Crippen LogP contribution in [0.3, 0.4) is 0 Å². The Bertz CT molecular complexity index is 1430. The number of nitrogens with two attached hydrogens (primary N) is 1. The van der Waals surface area contributed by atoms with E-state index in [1.54, 1.807) is 66.0 Å². The van der Waals surface area contributed by atoms with Crippen LogP contribution in [-0.4, -0.2) is 88.8 Å². The van der Waals surface area contributed by atoms with Gasteiger partial charge >= 0.3 is 12.0 Å². The van der Waals surface area contributed by atoms with Crippen LogP contribution >= 0.6 is 0 Å². The van der Waals surface area contributed by atoms with E-state index in [2.05, 4.69) is 10.6 Å². The number of halogens is 2. The number of Topliss-reactive ketones (excluding diaryl/α,β-unsaturated/α-hetero) is 1. The molecule has 1 fully saturated rings. The van der Waals surface area contributed by atoms with Crippen molar-refractivity contribution in [2.75, 3.05) is 13.2 Å². The fourth-order valence-electron chi connectivity index (χ4n) is 4.94. The molecule has 5 amide bonds. The van der Waals surface area contributed by atoms with E-state index < -0.39 is 78.1 Å². The lowest BCUT2D eigenvalue weighted by atomic mass is 9.94. The van der Waals surface area contributed by atoms with Crippen molar-refractivity contribution < 1.29 is 47.4 Å². The molecule has 4 atom stereocenters. The Balaban J connectivity index is 1.64. The number of alkyl halides is 2. The third-order valence-corrected chi connectivity index (χ3v) is 7.58. The minimum absolute atomic E-state index is 0.0536.